The summed E-state index contributed by atoms with van der Waals surface area (Å²) in [4.78, 5) is 8.21. The van der Waals surface area contributed by atoms with Gasteiger partial charge < -0.3 is 35.1 Å². The number of ether oxygens (including phenoxy) is 2. The van der Waals surface area contributed by atoms with E-state index in [2.05, 4.69) is 9.97 Å². The van der Waals surface area contributed by atoms with Crippen molar-refractivity contribution < 1.29 is 24.8 Å². The largest absolute Gasteiger partial charge is 0.394 e. The van der Waals surface area contributed by atoms with Crippen molar-refractivity contribution in [2.45, 2.75) is 37.6 Å². The maximum atomic E-state index is 10.2. The molecule has 0 spiro atoms. The minimum absolute atomic E-state index is 0.274. The average molecular weight is 324 g/mol. The number of hydrogen-bond donors (Lipinski definition) is 4. The van der Waals surface area contributed by atoms with E-state index in [1.165, 1.54) is 6.33 Å². The van der Waals surface area contributed by atoms with E-state index in [1.807, 2.05) is 6.92 Å². The lowest BCUT2D eigenvalue weighted by Crippen LogP contribution is -2.33. The van der Waals surface area contributed by atoms with Gasteiger partial charge in [0, 0.05) is 18.9 Å². The number of anilines is 1. The van der Waals surface area contributed by atoms with Crippen molar-refractivity contribution in [2.24, 2.45) is 0 Å². The lowest BCUT2D eigenvalue weighted by molar-refractivity contribution is -0.0510. The summed E-state index contributed by atoms with van der Waals surface area (Å²) in [5.41, 5.74) is 7.18. The number of nitrogens with zero attached hydrogens (tertiary/aromatic N) is 3. The van der Waals surface area contributed by atoms with Gasteiger partial charge in [-0.1, -0.05) is 0 Å². The van der Waals surface area contributed by atoms with Crippen LogP contribution >= 0.6 is 0 Å². The average Bonchev–Trinajstić information content (AvgIpc) is 3.07. The lowest BCUT2D eigenvalue weighted by atomic mass is 10.1. The van der Waals surface area contributed by atoms with Gasteiger partial charge in [-0.25, -0.2) is 9.97 Å². The van der Waals surface area contributed by atoms with Crippen LogP contribution < -0.4 is 5.73 Å². The Balaban J connectivity index is 2.14. The summed E-state index contributed by atoms with van der Waals surface area (Å²) in [5.74, 6) is 0.291. The predicted molar refractivity (Wildman–Crippen MR) is 80.4 cm³/mol. The van der Waals surface area contributed by atoms with Gasteiger partial charge in [0.2, 0.25) is 0 Å². The molecule has 0 bridgehead atoms. The molecule has 9 nitrogen and oxygen atoms in total. The quantitative estimate of drug-likeness (QED) is 0.581. The van der Waals surface area contributed by atoms with Crippen molar-refractivity contribution in [2.75, 3.05) is 19.5 Å². The van der Waals surface area contributed by atoms with Crippen molar-refractivity contribution in [3.05, 3.63) is 18.1 Å². The molecule has 0 aromatic carbocycles. The molecular weight excluding hydrogens is 304 g/mol. The van der Waals surface area contributed by atoms with Crippen molar-refractivity contribution in [1.29, 1.82) is 0 Å². The van der Waals surface area contributed by atoms with E-state index in [4.69, 9.17) is 15.2 Å². The lowest BCUT2D eigenvalue weighted by Gasteiger charge is -2.17. The Kier molecular flexibility index (Phi) is 4.21. The second-order valence-corrected chi connectivity index (χ2v) is 5.56. The van der Waals surface area contributed by atoms with E-state index in [-0.39, 0.29) is 6.10 Å². The molecular formula is C14H20N4O5. The van der Waals surface area contributed by atoms with Crippen molar-refractivity contribution in [3.8, 4) is 0 Å². The third kappa shape index (κ3) is 2.46. The number of aromatic nitrogens is 3. The predicted octanol–water partition coefficient (Wildman–Crippen LogP) is -0.668. The number of nitrogen functional groups attached to an aromatic ring is 1. The fraction of sp³-hybridized carbons (Fsp3) is 0.571. The van der Waals surface area contributed by atoms with E-state index in [9.17, 15) is 15.3 Å². The molecule has 126 valence electrons. The maximum Gasteiger partial charge on any atom is 0.164 e. The second-order valence-electron chi connectivity index (χ2n) is 5.56. The van der Waals surface area contributed by atoms with Gasteiger partial charge in [-0.3, -0.25) is 0 Å². The zero-order chi connectivity index (χ0) is 16.7. The number of aliphatic hydroxyl groups is 3. The van der Waals surface area contributed by atoms with Crippen LogP contribution in [-0.2, 0) is 9.47 Å². The number of fused-ring (bicyclic) bond motifs is 1. The van der Waals surface area contributed by atoms with E-state index in [0.29, 0.717) is 16.9 Å². The van der Waals surface area contributed by atoms with E-state index in [1.54, 1.807) is 17.9 Å². The molecule has 3 heterocycles. The number of rotatable bonds is 4. The molecule has 0 aliphatic carbocycles. The summed E-state index contributed by atoms with van der Waals surface area (Å²) in [7, 11) is 1.57. The van der Waals surface area contributed by atoms with Gasteiger partial charge in [-0.2, -0.15) is 0 Å². The van der Waals surface area contributed by atoms with Gasteiger partial charge in [-0.15, -0.1) is 0 Å². The molecule has 0 radical (unpaired) electrons. The van der Waals surface area contributed by atoms with E-state index >= 15 is 0 Å². The summed E-state index contributed by atoms with van der Waals surface area (Å²) in [6.45, 7) is 1.45. The van der Waals surface area contributed by atoms with Crippen LogP contribution in [0.5, 0.6) is 0 Å². The Hall–Kier alpha value is -1.78. The first-order valence-corrected chi connectivity index (χ1v) is 7.25. The molecule has 1 aliphatic rings. The minimum atomic E-state index is -1.20. The molecule has 0 saturated carbocycles. The highest BCUT2D eigenvalue weighted by Gasteiger charge is 2.44. The molecule has 2 unspecified atom stereocenters. The monoisotopic (exact) mass is 324 g/mol. The van der Waals surface area contributed by atoms with Gasteiger partial charge in [0.05, 0.1) is 18.1 Å². The van der Waals surface area contributed by atoms with Crippen LogP contribution in [0, 0.1) is 0 Å². The molecule has 2 aromatic heterocycles. The summed E-state index contributed by atoms with van der Waals surface area (Å²) < 4.78 is 12.5. The Morgan fingerprint density at radius 3 is 2.74 bits per heavy atom. The van der Waals surface area contributed by atoms with E-state index < -0.39 is 31.1 Å². The molecule has 5 N–H and O–H groups in total. The fourth-order valence-electron chi connectivity index (χ4n) is 2.88. The van der Waals surface area contributed by atoms with Crippen LogP contribution in [-0.4, -0.2) is 61.9 Å². The second kappa shape index (κ2) is 6.02. The Morgan fingerprint density at radius 1 is 1.39 bits per heavy atom. The SMILES string of the molecule is COC(C)c1cn(C2O[C@H](CO)[C@@H](O)[C@H]2O)c2ncnc(N)c12. The number of methoxy groups -OCH3 is 1. The molecule has 3 rings (SSSR count). The highest BCUT2D eigenvalue weighted by Crippen LogP contribution is 2.36. The summed E-state index contributed by atoms with van der Waals surface area (Å²) in [5, 5.41) is 30.0. The highest BCUT2D eigenvalue weighted by molar-refractivity contribution is 5.90. The summed E-state index contributed by atoms with van der Waals surface area (Å²) >= 11 is 0. The third-order valence-corrected chi connectivity index (χ3v) is 4.25. The third-order valence-electron chi connectivity index (χ3n) is 4.25. The first-order chi connectivity index (χ1) is 11.0. The standard InChI is InChI=1S/C14H20N4O5/c1-6(22-2)7-3-18(13-9(7)12(15)16-5-17-13)14-11(21)10(20)8(4-19)23-14/h3,5-6,8,10-11,14,19-21H,4H2,1-2H3,(H2,15,16,17)/t6?,8-,10-,11-,14?/m1/s1. The Morgan fingerprint density at radius 2 is 2.13 bits per heavy atom. The molecule has 0 amide bonds. The van der Waals surface area contributed by atoms with Crippen molar-refractivity contribution in [3.63, 3.8) is 0 Å². The smallest absolute Gasteiger partial charge is 0.164 e. The van der Waals surface area contributed by atoms with Gasteiger partial charge in [0.1, 0.15) is 36.1 Å². The van der Waals surface area contributed by atoms with Gasteiger partial charge in [0.25, 0.3) is 0 Å². The zero-order valence-electron chi connectivity index (χ0n) is 12.8. The van der Waals surface area contributed by atoms with Crippen LogP contribution in [0.1, 0.15) is 24.8 Å². The first-order valence-electron chi connectivity index (χ1n) is 7.25. The summed E-state index contributed by atoms with van der Waals surface area (Å²) in [6.07, 6.45) is -1.40. The van der Waals surface area contributed by atoms with Crippen LogP contribution in [0.3, 0.4) is 0 Å². The molecule has 1 fully saturated rings. The zero-order valence-corrected chi connectivity index (χ0v) is 12.8. The van der Waals surface area contributed by atoms with Crippen molar-refractivity contribution in [1.82, 2.24) is 14.5 Å². The van der Waals surface area contributed by atoms with Gasteiger partial charge in [0.15, 0.2) is 6.23 Å². The molecule has 1 aliphatic heterocycles. The molecule has 2 aromatic rings. The number of hydrogen-bond acceptors (Lipinski definition) is 8. The van der Waals surface area contributed by atoms with Gasteiger partial charge in [-0.05, 0) is 6.92 Å². The minimum Gasteiger partial charge on any atom is -0.394 e. The highest BCUT2D eigenvalue weighted by atomic mass is 16.6. The Bertz CT molecular complexity index is 706. The summed E-state index contributed by atoms with van der Waals surface area (Å²) in [6, 6.07) is 0. The topological polar surface area (TPSA) is 136 Å². The molecule has 1 saturated heterocycles. The van der Waals surface area contributed by atoms with Crippen LogP contribution in [0.4, 0.5) is 5.82 Å². The molecule has 9 heteroatoms. The van der Waals surface area contributed by atoms with E-state index in [0.717, 1.165) is 5.56 Å². The van der Waals surface area contributed by atoms with Crippen LogP contribution in [0.15, 0.2) is 12.5 Å². The first kappa shape index (κ1) is 16.1. The molecule has 23 heavy (non-hydrogen) atoms. The molecule has 5 atom stereocenters. The van der Waals surface area contributed by atoms with Gasteiger partial charge >= 0.3 is 0 Å². The normalized spacial score (nSPS) is 29.3. The van der Waals surface area contributed by atoms with Crippen molar-refractivity contribution >= 4 is 16.9 Å². The maximum absolute atomic E-state index is 10.2. The number of nitrogens with two attached hydrogens (primary N) is 1. The number of aliphatic hydroxyl groups excluding tert-OH is 3. The fourth-order valence-corrected chi connectivity index (χ4v) is 2.88. The Labute approximate surface area is 132 Å². The van der Waals surface area contributed by atoms with Crippen LogP contribution in [0.25, 0.3) is 11.0 Å². The van der Waals surface area contributed by atoms with Crippen LogP contribution in [0.2, 0.25) is 0 Å².